The number of rotatable bonds is 3. The molecule has 0 fully saturated rings. The zero-order valence-corrected chi connectivity index (χ0v) is 11.6. The first-order valence-electron chi connectivity index (χ1n) is 6.29. The van der Waals surface area contributed by atoms with E-state index in [0.29, 0.717) is 17.3 Å². The summed E-state index contributed by atoms with van der Waals surface area (Å²) in [6, 6.07) is 9.49. The fourth-order valence-corrected chi connectivity index (χ4v) is 2.94. The van der Waals surface area contributed by atoms with Gasteiger partial charge in [0.25, 0.3) is 0 Å². The highest BCUT2D eigenvalue weighted by atomic mass is 32.1. The molecule has 5 nitrogen and oxygen atoms in total. The maximum atomic E-state index is 11.3. The van der Waals surface area contributed by atoms with Crippen molar-refractivity contribution in [2.24, 2.45) is 0 Å². The summed E-state index contributed by atoms with van der Waals surface area (Å²) in [6.07, 6.45) is 4.26. The molecule has 0 amide bonds. The summed E-state index contributed by atoms with van der Waals surface area (Å²) in [7, 11) is 0. The van der Waals surface area contributed by atoms with Gasteiger partial charge in [-0.25, -0.2) is 0 Å². The number of carbonyl (C=O) groups excluding carboxylic acids is 1. The molecule has 0 aliphatic rings. The Morgan fingerprint density at radius 1 is 1.24 bits per heavy atom. The van der Waals surface area contributed by atoms with Gasteiger partial charge in [-0.2, -0.15) is 4.98 Å². The number of benzene rings is 1. The fraction of sp³-hybridized carbons (Fsp3) is 0. The molecule has 0 N–H and O–H groups in total. The van der Waals surface area contributed by atoms with E-state index in [9.17, 15) is 4.79 Å². The molecule has 0 saturated carbocycles. The van der Waals surface area contributed by atoms with Crippen molar-refractivity contribution in [2.45, 2.75) is 0 Å². The zero-order chi connectivity index (χ0) is 14.2. The Bertz CT molecular complexity index is 953. The molecule has 1 aromatic carbocycles. The molecule has 4 rings (SSSR count). The number of fused-ring (bicyclic) bond motifs is 2. The summed E-state index contributed by atoms with van der Waals surface area (Å²) in [5.41, 5.74) is 1.15. The number of aromatic nitrogens is 3. The number of thiazole rings is 1. The van der Waals surface area contributed by atoms with Gasteiger partial charge in [-0.05, 0) is 12.1 Å². The number of hydrogen-bond donors (Lipinski definition) is 0. The largest absolute Gasteiger partial charge is 0.435 e. The van der Waals surface area contributed by atoms with Crippen molar-refractivity contribution in [3.05, 3.63) is 53.8 Å². The number of ether oxygens (including phenoxy) is 1. The topological polar surface area (TPSA) is 56.5 Å². The van der Waals surface area contributed by atoms with Gasteiger partial charge in [0.15, 0.2) is 22.7 Å². The Balaban J connectivity index is 1.86. The molecule has 0 saturated heterocycles. The number of aldehydes is 1. The lowest BCUT2D eigenvalue weighted by atomic mass is 10.2. The van der Waals surface area contributed by atoms with Gasteiger partial charge in [0.05, 0.1) is 0 Å². The van der Waals surface area contributed by atoms with Crippen LogP contribution >= 0.6 is 11.3 Å². The average molecular weight is 295 g/mol. The summed E-state index contributed by atoms with van der Waals surface area (Å²) in [5.74, 6) is 0.886. The minimum Gasteiger partial charge on any atom is -0.435 e. The van der Waals surface area contributed by atoms with Gasteiger partial charge in [-0.15, -0.1) is 11.3 Å². The van der Waals surface area contributed by atoms with Crippen molar-refractivity contribution in [3.8, 4) is 11.6 Å². The SMILES string of the molecule is O=Cc1c(Oc2cccc3cccnc23)nc2sccn12. The van der Waals surface area contributed by atoms with Crippen LogP contribution in [0.3, 0.4) is 0 Å². The molecule has 4 aromatic rings. The molecule has 0 aliphatic heterocycles. The van der Waals surface area contributed by atoms with Gasteiger partial charge in [0.2, 0.25) is 5.88 Å². The molecular formula is C15H9N3O2S. The third-order valence-corrected chi connectivity index (χ3v) is 3.94. The standard InChI is InChI=1S/C15H9N3O2S/c19-9-11-14(17-15-18(11)7-8-21-15)20-12-5-1-3-10-4-2-6-16-13(10)12/h1-9H. The van der Waals surface area contributed by atoms with Gasteiger partial charge >= 0.3 is 0 Å². The van der Waals surface area contributed by atoms with Crippen molar-refractivity contribution in [3.63, 3.8) is 0 Å². The van der Waals surface area contributed by atoms with E-state index in [0.717, 1.165) is 22.1 Å². The highest BCUT2D eigenvalue weighted by Gasteiger charge is 2.15. The molecule has 0 spiro atoms. The predicted molar refractivity (Wildman–Crippen MR) is 80.3 cm³/mol. The van der Waals surface area contributed by atoms with Crippen LogP contribution in [0.4, 0.5) is 0 Å². The lowest BCUT2D eigenvalue weighted by Gasteiger charge is -2.06. The molecule has 0 radical (unpaired) electrons. The summed E-state index contributed by atoms with van der Waals surface area (Å²) < 4.78 is 7.55. The maximum Gasteiger partial charge on any atom is 0.250 e. The van der Waals surface area contributed by atoms with E-state index in [1.807, 2.05) is 35.7 Å². The fourth-order valence-electron chi connectivity index (χ4n) is 2.23. The number of imidazole rings is 1. The minimum absolute atomic E-state index is 0.301. The van der Waals surface area contributed by atoms with E-state index < -0.39 is 0 Å². The summed E-state index contributed by atoms with van der Waals surface area (Å²) in [4.78, 5) is 20.7. The molecular weight excluding hydrogens is 286 g/mol. The number of para-hydroxylation sites is 1. The van der Waals surface area contributed by atoms with E-state index in [1.165, 1.54) is 11.3 Å². The lowest BCUT2D eigenvalue weighted by Crippen LogP contribution is -1.93. The van der Waals surface area contributed by atoms with Crippen LogP contribution < -0.4 is 4.74 Å². The normalized spacial score (nSPS) is 11.0. The van der Waals surface area contributed by atoms with Crippen LogP contribution in [0.1, 0.15) is 10.5 Å². The third-order valence-electron chi connectivity index (χ3n) is 3.18. The molecule has 3 heterocycles. The average Bonchev–Trinajstić information content (AvgIpc) is 3.08. The predicted octanol–water partition coefficient (Wildman–Crippen LogP) is 3.55. The van der Waals surface area contributed by atoms with E-state index in [-0.39, 0.29) is 0 Å². The van der Waals surface area contributed by atoms with Crippen molar-refractivity contribution >= 4 is 33.5 Å². The van der Waals surface area contributed by atoms with Crippen LogP contribution in [0.25, 0.3) is 15.9 Å². The van der Waals surface area contributed by atoms with Gasteiger partial charge in [0.1, 0.15) is 5.52 Å². The number of hydrogen-bond acceptors (Lipinski definition) is 5. The second-order valence-electron chi connectivity index (χ2n) is 4.41. The number of pyridine rings is 1. The monoisotopic (exact) mass is 295 g/mol. The highest BCUT2D eigenvalue weighted by Crippen LogP contribution is 2.30. The first kappa shape index (κ1) is 12.0. The van der Waals surface area contributed by atoms with Gasteiger partial charge in [-0.3, -0.25) is 14.2 Å². The second-order valence-corrected chi connectivity index (χ2v) is 5.28. The van der Waals surface area contributed by atoms with Crippen molar-refractivity contribution in [2.75, 3.05) is 0 Å². The Kier molecular flexibility index (Phi) is 2.68. The quantitative estimate of drug-likeness (QED) is 0.542. The van der Waals surface area contributed by atoms with Crippen molar-refractivity contribution in [1.82, 2.24) is 14.4 Å². The Morgan fingerprint density at radius 3 is 3.05 bits per heavy atom. The van der Waals surface area contributed by atoms with Crippen LogP contribution in [-0.4, -0.2) is 20.7 Å². The van der Waals surface area contributed by atoms with E-state index in [1.54, 1.807) is 16.8 Å². The molecule has 21 heavy (non-hydrogen) atoms. The molecule has 0 atom stereocenters. The highest BCUT2D eigenvalue weighted by molar-refractivity contribution is 7.15. The van der Waals surface area contributed by atoms with Crippen molar-refractivity contribution < 1.29 is 9.53 Å². The third kappa shape index (κ3) is 1.88. The first-order valence-corrected chi connectivity index (χ1v) is 7.17. The van der Waals surface area contributed by atoms with E-state index in [2.05, 4.69) is 9.97 Å². The zero-order valence-electron chi connectivity index (χ0n) is 10.8. The van der Waals surface area contributed by atoms with Crippen LogP contribution in [-0.2, 0) is 0 Å². The molecule has 6 heteroatoms. The van der Waals surface area contributed by atoms with E-state index in [4.69, 9.17) is 4.74 Å². The molecule has 102 valence electrons. The Labute approximate surface area is 123 Å². The molecule has 0 aliphatic carbocycles. The summed E-state index contributed by atoms with van der Waals surface area (Å²) in [6.45, 7) is 0. The van der Waals surface area contributed by atoms with E-state index >= 15 is 0 Å². The number of nitrogens with zero attached hydrogens (tertiary/aromatic N) is 3. The Hall–Kier alpha value is -2.73. The first-order chi connectivity index (χ1) is 10.4. The molecule has 3 aromatic heterocycles. The summed E-state index contributed by atoms with van der Waals surface area (Å²) >= 11 is 1.45. The maximum absolute atomic E-state index is 11.3. The lowest BCUT2D eigenvalue weighted by molar-refractivity contribution is 0.111. The van der Waals surface area contributed by atoms with Crippen LogP contribution in [0.5, 0.6) is 11.6 Å². The Morgan fingerprint density at radius 2 is 2.14 bits per heavy atom. The van der Waals surface area contributed by atoms with Gasteiger partial charge in [-0.1, -0.05) is 18.2 Å². The van der Waals surface area contributed by atoms with Gasteiger partial charge in [0, 0.05) is 23.2 Å². The van der Waals surface area contributed by atoms with Crippen LogP contribution in [0.15, 0.2) is 48.1 Å². The minimum atomic E-state index is 0.301. The number of carbonyl (C=O) groups is 1. The second kappa shape index (κ2) is 4.68. The van der Waals surface area contributed by atoms with Crippen LogP contribution in [0, 0.1) is 0 Å². The summed E-state index contributed by atoms with van der Waals surface area (Å²) in [5, 5.41) is 2.85. The van der Waals surface area contributed by atoms with Crippen molar-refractivity contribution in [1.29, 1.82) is 0 Å². The van der Waals surface area contributed by atoms with Crippen LogP contribution in [0.2, 0.25) is 0 Å². The van der Waals surface area contributed by atoms with Gasteiger partial charge < -0.3 is 4.74 Å². The molecule has 0 unspecified atom stereocenters. The smallest absolute Gasteiger partial charge is 0.250 e. The molecule has 0 bridgehead atoms.